The first-order valence-corrected chi connectivity index (χ1v) is 14.2. The first-order valence-electron chi connectivity index (χ1n) is 14.2. The minimum absolute atomic E-state index is 0.0170. The SMILES string of the molecule is CC(C)CCN1CC(=O)NCCCCCOc2cccc(C(=O)NCc3ccc(Oc4cccnc4)cc3)c2C1. The molecule has 8 nitrogen and oxygen atoms in total. The van der Waals surface area contributed by atoms with Crippen molar-refractivity contribution in [3.63, 3.8) is 0 Å². The van der Waals surface area contributed by atoms with Crippen molar-refractivity contribution in [2.45, 2.75) is 52.6 Å². The number of ether oxygens (including phenoxy) is 2. The molecule has 0 bridgehead atoms. The predicted molar refractivity (Wildman–Crippen MR) is 155 cm³/mol. The average molecular weight is 545 g/mol. The molecular formula is C32H40N4O4. The molecule has 0 saturated carbocycles. The second-order valence-corrected chi connectivity index (χ2v) is 10.6. The van der Waals surface area contributed by atoms with Gasteiger partial charge in [0, 0.05) is 37.0 Å². The molecule has 0 spiro atoms. The molecule has 0 saturated heterocycles. The number of aromatic nitrogens is 1. The van der Waals surface area contributed by atoms with Crippen LogP contribution in [-0.2, 0) is 17.9 Å². The summed E-state index contributed by atoms with van der Waals surface area (Å²) in [5.41, 5.74) is 2.34. The number of amides is 2. The van der Waals surface area contributed by atoms with Gasteiger partial charge in [-0.3, -0.25) is 19.5 Å². The van der Waals surface area contributed by atoms with Gasteiger partial charge in [-0.2, -0.15) is 0 Å². The molecule has 0 fully saturated rings. The summed E-state index contributed by atoms with van der Waals surface area (Å²) in [7, 11) is 0. The molecule has 8 heteroatoms. The van der Waals surface area contributed by atoms with Crippen molar-refractivity contribution in [2.24, 2.45) is 5.92 Å². The lowest BCUT2D eigenvalue weighted by Gasteiger charge is -2.25. The van der Waals surface area contributed by atoms with Gasteiger partial charge < -0.3 is 20.1 Å². The van der Waals surface area contributed by atoms with Gasteiger partial charge in [-0.15, -0.1) is 0 Å². The fraction of sp³-hybridized carbons (Fsp3) is 0.406. The lowest BCUT2D eigenvalue weighted by Crippen LogP contribution is -2.38. The van der Waals surface area contributed by atoms with Gasteiger partial charge in [0.1, 0.15) is 17.2 Å². The number of hydrogen-bond donors (Lipinski definition) is 2. The van der Waals surface area contributed by atoms with Gasteiger partial charge in [-0.1, -0.05) is 32.0 Å². The van der Waals surface area contributed by atoms with Crippen LogP contribution in [0.25, 0.3) is 0 Å². The smallest absolute Gasteiger partial charge is 0.252 e. The summed E-state index contributed by atoms with van der Waals surface area (Å²) >= 11 is 0. The Hall–Kier alpha value is -3.91. The lowest BCUT2D eigenvalue weighted by atomic mass is 10.0. The maximum Gasteiger partial charge on any atom is 0.252 e. The van der Waals surface area contributed by atoms with Gasteiger partial charge in [0.25, 0.3) is 5.91 Å². The number of benzene rings is 2. The Kier molecular flexibility index (Phi) is 10.9. The van der Waals surface area contributed by atoms with E-state index in [0.717, 1.165) is 43.4 Å². The van der Waals surface area contributed by atoms with Gasteiger partial charge in [0.15, 0.2) is 0 Å². The Bertz CT molecular complexity index is 1230. The fourth-order valence-electron chi connectivity index (χ4n) is 4.52. The maximum atomic E-state index is 13.5. The summed E-state index contributed by atoms with van der Waals surface area (Å²) < 4.78 is 12.0. The zero-order valence-corrected chi connectivity index (χ0v) is 23.5. The number of carbonyl (C=O) groups excluding carboxylic acids is 2. The van der Waals surface area contributed by atoms with Crippen LogP contribution in [-0.4, -0.2) is 47.9 Å². The topological polar surface area (TPSA) is 92.8 Å². The van der Waals surface area contributed by atoms with E-state index < -0.39 is 0 Å². The number of pyridine rings is 1. The number of rotatable bonds is 8. The van der Waals surface area contributed by atoms with Gasteiger partial charge in [-0.05, 0) is 80.1 Å². The van der Waals surface area contributed by atoms with Crippen molar-refractivity contribution in [3.05, 3.63) is 83.7 Å². The van der Waals surface area contributed by atoms with Crippen molar-refractivity contribution in [3.8, 4) is 17.2 Å². The summed E-state index contributed by atoms with van der Waals surface area (Å²) in [6.07, 6.45) is 7.10. The van der Waals surface area contributed by atoms with Crippen LogP contribution in [0.2, 0.25) is 0 Å². The van der Waals surface area contributed by atoms with Crippen LogP contribution in [0.5, 0.6) is 17.2 Å². The molecule has 0 radical (unpaired) electrons. The van der Waals surface area contributed by atoms with E-state index in [1.165, 1.54) is 0 Å². The molecule has 0 atom stereocenters. The molecule has 4 rings (SSSR count). The molecule has 212 valence electrons. The highest BCUT2D eigenvalue weighted by Crippen LogP contribution is 2.26. The zero-order valence-electron chi connectivity index (χ0n) is 23.5. The van der Waals surface area contributed by atoms with E-state index in [-0.39, 0.29) is 18.4 Å². The molecule has 2 heterocycles. The van der Waals surface area contributed by atoms with Gasteiger partial charge in [-0.25, -0.2) is 0 Å². The van der Waals surface area contributed by atoms with Crippen molar-refractivity contribution in [2.75, 3.05) is 26.2 Å². The predicted octanol–water partition coefficient (Wildman–Crippen LogP) is 5.33. The van der Waals surface area contributed by atoms with E-state index >= 15 is 0 Å². The van der Waals surface area contributed by atoms with Crippen LogP contribution in [0, 0.1) is 5.92 Å². The Morgan fingerprint density at radius 3 is 2.67 bits per heavy atom. The molecule has 1 aliphatic rings. The van der Waals surface area contributed by atoms with Gasteiger partial charge in [0.05, 0.1) is 19.3 Å². The number of carbonyl (C=O) groups is 2. The van der Waals surface area contributed by atoms with E-state index in [9.17, 15) is 9.59 Å². The number of nitrogens with zero attached hydrogens (tertiary/aromatic N) is 2. The third-order valence-corrected chi connectivity index (χ3v) is 6.80. The average Bonchev–Trinajstić information content (AvgIpc) is 2.97. The number of nitrogens with one attached hydrogen (secondary N) is 2. The van der Waals surface area contributed by atoms with Crippen molar-refractivity contribution < 1.29 is 19.1 Å². The molecule has 1 aromatic heterocycles. The lowest BCUT2D eigenvalue weighted by molar-refractivity contribution is -0.122. The molecule has 2 amide bonds. The molecule has 1 aliphatic heterocycles. The second-order valence-electron chi connectivity index (χ2n) is 10.6. The van der Waals surface area contributed by atoms with Crippen LogP contribution in [0.1, 0.15) is 61.0 Å². The van der Waals surface area contributed by atoms with Crippen LogP contribution in [0.15, 0.2) is 67.0 Å². The van der Waals surface area contributed by atoms with Crippen LogP contribution < -0.4 is 20.1 Å². The summed E-state index contributed by atoms with van der Waals surface area (Å²) in [6, 6.07) is 16.9. The Morgan fingerprint density at radius 2 is 1.90 bits per heavy atom. The van der Waals surface area contributed by atoms with Gasteiger partial charge in [0.2, 0.25) is 5.91 Å². The first kappa shape index (κ1) is 29.1. The zero-order chi connectivity index (χ0) is 28.2. The quantitative estimate of drug-likeness (QED) is 0.398. The van der Waals surface area contributed by atoms with Crippen molar-refractivity contribution >= 4 is 11.8 Å². The third kappa shape index (κ3) is 9.09. The third-order valence-electron chi connectivity index (χ3n) is 6.80. The summed E-state index contributed by atoms with van der Waals surface area (Å²) in [6.45, 7) is 7.47. The second kappa shape index (κ2) is 15.0. The normalized spacial score (nSPS) is 15.0. The number of fused-ring (bicyclic) bond motifs is 1. The van der Waals surface area contributed by atoms with Gasteiger partial charge >= 0.3 is 0 Å². The van der Waals surface area contributed by atoms with E-state index in [2.05, 4.69) is 34.4 Å². The molecule has 3 aromatic rings. The molecule has 0 aliphatic carbocycles. The van der Waals surface area contributed by atoms with Crippen LogP contribution in [0.4, 0.5) is 0 Å². The molecule has 2 N–H and O–H groups in total. The summed E-state index contributed by atoms with van der Waals surface area (Å²) in [5, 5.41) is 6.10. The van der Waals surface area contributed by atoms with Crippen molar-refractivity contribution in [1.82, 2.24) is 20.5 Å². The first-order chi connectivity index (χ1) is 19.5. The summed E-state index contributed by atoms with van der Waals surface area (Å²) in [4.78, 5) is 32.3. The highest BCUT2D eigenvalue weighted by Gasteiger charge is 2.21. The van der Waals surface area contributed by atoms with E-state index in [0.29, 0.717) is 55.0 Å². The highest BCUT2D eigenvalue weighted by atomic mass is 16.5. The van der Waals surface area contributed by atoms with E-state index in [4.69, 9.17) is 9.47 Å². The Balaban J connectivity index is 1.48. The highest BCUT2D eigenvalue weighted by molar-refractivity contribution is 5.96. The minimum Gasteiger partial charge on any atom is -0.493 e. The standard InChI is InChI=1S/C32H40N4O4/c1-24(2)15-18-36-22-29-28(9-6-10-30(29)39-19-5-3-4-17-34-31(37)23-36)32(38)35-20-25-11-13-26(14-12-25)40-27-8-7-16-33-21-27/h6-14,16,21,24H,3-5,15,17-20,22-23H2,1-2H3,(H,34,37)(H,35,38). The number of hydrogen-bond acceptors (Lipinski definition) is 6. The largest absolute Gasteiger partial charge is 0.493 e. The fourth-order valence-corrected chi connectivity index (χ4v) is 4.52. The molecule has 40 heavy (non-hydrogen) atoms. The molecule has 0 unspecified atom stereocenters. The monoisotopic (exact) mass is 544 g/mol. The van der Waals surface area contributed by atoms with Crippen LogP contribution in [0.3, 0.4) is 0 Å². The van der Waals surface area contributed by atoms with Crippen molar-refractivity contribution in [1.29, 1.82) is 0 Å². The maximum absolute atomic E-state index is 13.5. The van der Waals surface area contributed by atoms with E-state index in [1.807, 2.05) is 54.6 Å². The summed E-state index contributed by atoms with van der Waals surface area (Å²) in [5.74, 6) is 2.42. The minimum atomic E-state index is -0.172. The Labute approximate surface area is 237 Å². The molecular weight excluding hydrogens is 504 g/mol. The van der Waals surface area contributed by atoms with E-state index in [1.54, 1.807) is 12.4 Å². The Morgan fingerprint density at radius 1 is 1.05 bits per heavy atom. The van der Waals surface area contributed by atoms with Crippen LogP contribution >= 0.6 is 0 Å². The molecule has 2 aromatic carbocycles.